The minimum atomic E-state index is -5.95. The van der Waals surface area contributed by atoms with Gasteiger partial charge in [0.05, 0.1) is 9.40 Å². The van der Waals surface area contributed by atoms with Crippen molar-refractivity contribution in [2.24, 2.45) is 0 Å². The summed E-state index contributed by atoms with van der Waals surface area (Å²) in [5.74, 6) is -1.02. The number of hydrogen-bond donors (Lipinski definition) is 0. The predicted molar refractivity (Wildman–Crippen MR) is 56.4 cm³/mol. The summed E-state index contributed by atoms with van der Waals surface area (Å²) in [4.78, 5) is 9.53. The molecule has 0 aromatic heterocycles. The number of para-hydroxylation sites is 1. The van der Waals surface area contributed by atoms with Crippen LogP contribution in [0.25, 0.3) is 0 Å². The van der Waals surface area contributed by atoms with Crippen molar-refractivity contribution in [3.05, 3.63) is 32.8 Å². The molecule has 0 amide bonds. The van der Waals surface area contributed by atoms with E-state index in [1.165, 1.54) is 0 Å². The van der Waals surface area contributed by atoms with E-state index in [1.54, 1.807) is 0 Å². The molecule has 0 unspecified atom stereocenters. The van der Waals surface area contributed by atoms with E-state index in [1.807, 2.05) is 0 Å². The van der Waals surface area contributed by atoms with Crippen LogP contribution in [0.1, 0.15) is 0 Å². The molecule has 0 saturated heterocycles. The highest BCUT2D eigenvalue weighted by atomic mass is 79.9. The highest BCUT2D eigenvalue weighted by Crippen LogP contribution is 2.37. The van der Waals surface area contributed by atoms with Crippen molar-refractivity contribution in [1.82, 2.24) is 0 Å². The Morgan fingerprint density at radius 2 is 1.89 bits per heavy atom. The maximum Gasteiger partial charge on any atom is 0.534 e. The third-order valence-corrected chi connectivity index (χ3v) is 3.22. The molecule has 1 aromatic rings. The van der Waals surface area contributed by atoms with Gasteiger partial charge < -0.3 is 4.18 Å². The standard InChI is InChI=1S/C7H3BrF3NO5S/c8-4-2-1-3-5(6(4)12(13)14)17-18(15,16)7(9,10)11/h1-3H. The van der Waals surface area contributed by atoms with E-state index < -0.39 is 32.0 Å². The Morgan fingerprint density at radius 1 is 1.33 bits per heavy atom. The molecular formula is C7H3BrF3NO5S. The van der Waals surface area contributed by atoms with Gasteiger partial charge in [-0.1, -0.05) is 6.07 Å². The molecule has 0 saturated carbocycles. The lowest BCUT2D eigenvalue weighted by molar-refractivity contribution is -0.386. The lowest BCUT2D eigenvalue weighted by atomic mass is 10.3. The van der Waals surface area contributed by atoms with Gasteiger partial charge >= 0.3 is 21.3 Å². The Labute approximate surface area is 107 Å². The first kappa shape index (κ1) is 14.7. The fourth-order valence-electron chi connectivity index (χ4n) is 0.905. The van der Waals surface area contributed by atoms with Crippen LogP contribution in [-0.4, -0.2) is 18.8 Å². The summed E-state index contributed by atoms with van der Waals surface area (Å²) in [6.45, 7) is 0. The number of nitrogens with zero attached hydrogens (tertiary/aromatic N) is 1. The number of nitro groups is 1. The molecule has 0 fully saturated rings. The summed E-state index contributed by atoms with van der Waals surface area (Å²) in [6.07, 6.45) is 0. The fourth-order valence-corrected chi connectivity index (χ4v) is 1.86. The van der Waals surface area contributed by atoms with Crippen molar-refractivity contribution >= 4 is 31.7 Å². The Balaban J connectivity index is 3.30. The van der Waals surface area contributed by atoms with Gasteiger partial charge in [-0.05, 0) is 28.1 Å². The average Bonchev–Trinajstić information content (AvgIpc) is 2.14. The van der Waals surface area contributed by atoms with Crippen molar-refractivity contribution in [3.63, 3.8) is 0 Å². The van der Waals surface area contributed by atoms with Gasteiger partial charge in [0, 0.05) is 0 Å². The lowest BCUT2D eigenvalue weighted by Gasteiger charge is -2.09. The number of nitro benzene ring substituents is 1. The maximum absolute atomic E-state index is 12.1. The van der Waals surface area contributed by atoms with Crippen LogP contribution in [0, 0.1) is 10.1 Å². The molecule has 100 valence electrons. The van der Waals surface area contributed by atoms with Crippen LogP contribution in [0.3, 0.4) is 0 Å². The quantitative estimate of drug-likeness (QED) is 0.362. The van der Waals surface area contributed by atoms with E-state index in [9.17, 15) is 31.7 Å². The molecule has 11 heteroatoms. The van der Waals surface area contributed by atoms with Crippen molar-refractivity contribution in [2.45, 2.75) is 5.51 Å². The topological polar surface area (TPSA) is 86.5 Å². The molecule has 0 aliphatic heterocycles. The summed E-state index contributed by atoms with van der Waals surface area (Å²) in [6, 6.07) is 3.00. The maximum atomic E-state index is 12.1. The molecule has 0 heterocycles. The van der Waals surface area contributed by atoms with Gasteiger partial charge in [-0.2, -0.15) is 21.6 Å². The highest BCUT2D eigenvalue weighted by molar-refractivity contribution is 9.10. The molecule has 0 spiro atoms. The van der Waals surface area contributed by atoms with Gasteiger partial charge in [0.2, 0.25) is 5.75 Å². The van der Waals surface area contributed by atoms with Gasteiger partial charge in [0.1, 0.15) is 0 Å². The van der Waals surface area contributed by atoms with Crippen molar-refractivity contribution in [3.8, 4) is 5.75 Å². The Bertz CT molecular complexity index is 585. The number of rotatable bonds is 3. The second-order valence-corrected chi connectivity index (χ2v) is 5.22. The molecule has 1 aromatic carbocycles. The molecule has 18 heavy (non-hydrogen) atoms. The number of alkyl halides is 3. The summed E-state index contributed by atoms with van der Waals surface area (Å²) < 4.78 is 61.1. The third kappa shape index (κ3) is 2.90. The van der Waals surface area contributed by atoms with E-state index in [2.05, 4.69) is 20.1 Å². The first-order valence-corrected chi connectivity index (χ1v) is 6.20. The molecule has 0 aliphatic rings. The largest absolute Gasteiger partial charge is 0.534 e. The predicted octanol–water partition coefficient (Wildman–Crippen LogP) is 2.59. The zero-order valence-electron chi connectivity index (χ0n) is 8.14. The normalized spacial score (nSPS) is 12.2. The van der Waals surface area contributed by atoms with Crippen LogP contribution in [0.4, 0.5) is 18.9 Å². The SMILES string of the molecule is O=[N+]([O-])c1c(Br)cccc1OS(=O)(=O)C(F)(F)F. The van der Waals surface area contributed by atoms with Gasteiger partial charge in [-0.25, -0.2) is 0 Å². The smallest absolute Gasteiger partial charge is 0.369 e. The molecule has 0 aliphatic carbocycles. The number of halogens is 4. The molecule has 0 atom stereocenters. The van der Waals surface area contributed by atoms with E-state index in [0.717, 1.165) is 18.2 Å². The van der Waals surface area contributed by atoms with Crippen LogP contribution in [0.2, 0.25) is 0 Å². The number of benzene rings is 1. The summed E-state index contributed by atoms with van der Waals surface area (Å²) in [7, 11) is -5.95. The van der Waals surface area contributed by atoms with E-state index >= 15 is 0 Å². The van der Waals surface area contributed by atoms with Gasteiger partial charge in [0.25, 0.3) is 0 Å². The summed E-state index contributed by atoms with van der Waals surface area (Å²) in [5, 5.41) is 10.6. The third-order valence-electron chi connectivity index (χ3n) is 1.62. The van der Waals surface area contributed by atoms with E-state index in [-0.39, 0.29) is 4.47 Å². The van der Waals surface area contributed by atoms with Crippen LogP contribution in [-0.2, 0) is 10.1 Å². The van der Waals surface area contributed by atoms with Gasteiger partial charge in [-0.3, -0.25) is 10.1 Å². The first-order valence-electron chi connectivity index (χ1n) is 4.00. The summed E-state index contributed by atoms with van der Waals surface area (Å²) in [5.41, 5.74) is -6.58. The Hall–Kier alpha value is -1.36. The van der Waals surface area contributed by atoms with Crippen molar-refractivity contribution in [2.75, 3.05) is 0 Å². The van der Waals surface area contributed by atoms with Gasteiger partial charge in [-0.15, -0.1) is 0 Å². The van der Waals surface area contributed by atoms with Crippen molar-refractivity contribution in [1.29, 1.82) is 0 Å². The lowest BCUT2D eigenvalue weighted by Crippen LogP contribution is -2.28. The average molecular weight is 350 g/mol. The fraction of sp³-hybridized carbons (Fsp3) is 0.143. The Kier molecular flexibility index (Phi) is 3.86. The Morgan fingerprint density at radius 3 is 2.33 bits per heavy atom. The zero-order valence-corrected chi connectivity index (χ0v) is 10.5. The van der Waals surface area contributed by atoms with Crippen molar-refractivity contribution < 1.29 is 30.7 Å². The number of hydrogen-bond acceptors (Lipinski definition) is 5. The molecule has 6 nitrogen and oxygen atoms in total. The minimum absolute atomic E-state index is 0.206. The minimum Gasteiger partial charge on any atom is -0.369 e. The molecule has 0 radical (unpaired) electrons. The van der Waals surface area contributed by atoms with Crippen LogP contribution in [0.15, 0.2) is 22.7 Å². The second-order valence-electron chi connectivity index (χ2n) is 2.83. The molecular weight excluding hydrogens is 347 g/mol. The highest BCUT2D eigenvalue weighted by Gasteiger charge is 2.49. The summed E-state index contributed by atoms with van der Waals surface area (Å²) >= 11 is 2.71. The second kappa shape index (κ2) is 4.72. The van der Waals surface area contributed by atoms with Gasteiger partial charge in [0.15, 0.2) is 0 Å². The van der Waals surface area contributed by atoms with E-state index in [0.29, 0.717) is 0 Å². The van der Waals surface area contributed by atoms with Crippen LogP contribution in [0.5, 0.6) is 5.75 Å². The van der Waals surface area contributed by atoms with E-state index in [4.69, 9.17) is 0 Å². The van der Waals surface area contributed by atoms with Crippen LogP contribution >= 0.6 is 15.9 Å². The monoisotopic (exact) mass is 349 g/mol. The van der Waals surface area contributed by atoms with Crippen LogP contribution < -0.4 is 4.18 Å². The first-order chi connectivity index (χ1) is 8.06. The molecule has 0 bridgehead atoms. The molecule has 1 rings (SSSR count). The molecule has 0 N–H and O–H groups in total. The zero-order chi connectivity index (χ0) is 14.1.